The molecule has 0 aromatic heterocycles. The van der Waals surface area contributed by atoms with Gasteiger partial charge in [0.05, 0.1) is 20.3 Å². The van der Waals surface area contributed by atoms with E-state index in [-0.39, 0.29) is 24.3 Å². The van der Waals surface area contributed by atoms with Crippen molar-refractivity contribution in [2.24, 2.45) is 5.92 Å². The number of hydrogen-bond acceptors (Lipinski definition) is 4. The number of nitrogens with one attached hydrogen (secondary N) is 1. The molecule has 0 bridgehead atoms. The Morgan fingerprint density at radius 3 is 3.09 bits per heavy atom. The molecular formula is C17H22N2O4. The summed E-state index contributed by atoms with van der Waals surface area (Å²) in [7, 11) is 1.63. The highest BCUT2D eigenvalue weighted by molar-refractivity contribution is 5.85. The molecule has 1 N–H and O–H groups in total. The van der Waals surface area contributed by atoms with Crippen LogP contribution in [-0.4, -0.2) is 50.1 Å². The first-order valence-electron chi connectivity index (χ1n) is 8.00. The number of carbonyl (C=O) groups excluding carboxylic acids is 2. The third kappa shape index (κ3) is 3.57. The lowest BCUT2D eigenvalue weighted by Crippen LogP contribution is -2.41. The van der Waals surface area contributed by atoms with Crippen molar-refractivity contribution in [1.82, 2.24) is 10.2 Å². The predicted molar refractivity (Wildman–Crippen MR) is 84.5 cm³/mol. The van der Waals surface area contributed by atoms with Crippen molar-refractivity contribution in [2.45, 2.75) is 19.3 Å². The summed E-state index contributed by atoms with van der Waals surface area (Å²) >= 11 is 0. The molecule has 1 unspecified atom stereocenters. The smallest absolute Gasteiger partial charge is 0.239 e. The molecule has 2 heterocycles. The van der Waals surface area contributed by atoms with Gasteiger partial charge in [-0.2, -0.15) is 0 Å². The van der Waals surface area contributed by atoms with Gasteiger partial charge in [0.2, 0.25) is 11.8 Å². The van der Waals surface area contributed by atoms with E-state index < -0.39 is 0 Å². The van der Waals surface area contributed by atoms with E-state index in [4.69, 9.17) is 9.47 Å². The number of nitrogens with zero attached hydrogens (tertiary/aromatic N) is 1. The Kier molecular flexibility index (Phi) is 4.69. The zero-order valence-corrected chi connectivity index (χ0v) is 13.3. The van der Waals surface area contributed by atoms with Crippen molar-refractivity contribution in [2.75, 3.05) is 33.4 Å². The van der Waals surface area contributed by atoms with Crippen LogP contribution < -0.4 is 14.8 Å². The second-order valence-electron chi connectivity index (χ2n) is 6.05. The summed E-state index contributed by atoms with van der Waals surface area (Å²) in [6.45, 7) is 1.95. The van der Waals surface area contributed by atoms with Gasteiger partial charge in [-0.3, -0.25) is 9.59 Å². The lowest BCUT2D eigenvalue weighted by molar-refractivity contribution is -0.133. The van der Waals surface area contributed by atoms with Crippen LogP contribution in [0.2, 0.25) is 0 Å². The highest BCUT2D eigenvalue weighted by Crippen LogP contribution is 2.35. The topological polar surface area (TPSA) is 67.9 Å². The van der Waals surface area contributed by atoms with Gasteiger partial charge in [-0.25, -0.2) is 0 Å². The first-order valence-corrected chi connectivity index (χ1v) is 8.00. The summed E-state index contributed by atoms with van der Waals surface area (Å²) in [5.41, 5.74) is 1.10. The van der Waals surface area contributed by atoms with E-state index in [0.29, 0.717) is 26.1 Å². The Balaban J connectivity index is 1.50. The molecule has 0 aliphatic carbocycles. The SMILES string of the molecule is COc1cccc2c1OCC(CNC(=O)CN1CCCC1=O)C2. The average molecular weight is 318 g/mol. The summed E-state index contributed by atoms with van der Waals surface area (Å²) in [5.74, 6) is 1.75. The lowest BCUT2D eigenvalue weighted by Gasteiger charge is -2.27. The van der Waals surface area contributed by atoms with Gasteiger partial charge in [0, 0.05) is 25.4 Å². The Hall–Kier alpha value is -2.24. The Bertz CT molecular complexity index is 602. The molecule has 2 amide bonds. The van der Waals surface area contributed by atoms with Crippen molar-refractivity contribution < 1.29 is 19.1 Å². The molecule has 0 radical (unpaired) electrons. The zero-order valence-electron chi connectivity index (χ0n) is 13.3. The molecule has 124 valence electrons. The van der Waals surface area contributed by atoms with Gasteiger partial charge in [0.25, 0.3) is 0 Å². The Morgan fingerprint density at radius 1 is 1.48 bits per heavy atom. The molecule has 0 spiro atoms. The molecule has 0 saturated carbocycles. The maximum absolute atomic E-state index is 12.0. The van der Waals surface area contributed by atoms with Crippen LogP contribution >= 0.6 is 0 Å². The molecule has 3 rings (SSSR count). The largest absolute Gasteiger partial charge is 0.493 e. The summed E-state index contributed by atoms with van der Waals surface area (Å²) < 4.78 is 11.1. The van der Waals surface area contributed by atoms with Crippen LogP contribution in [-0.2, 0) is 16.0 Å². The van der Waals surface area contributed by atoms with Crippen LogP contribution in [0.15, 0.2) is 18.2 Å². The van der Waals surface area contributed by atoms with Gasteiger partial charge >= 0.3 is 0 Å². The molecule has 23 heavy (non-hydrogen) atoms. The van der Waals surface area contributed by atoms with E-state index in [0.717, 1.165) is 29.9 Å². The molecule has 2 aliphatic heterocycles. The van der Waals surface area contributed by atoms with Crippen molar-refractivity contribution in [3.05, 3.63) is 23.8 Å². The fourth-order valence-corrected chi connectivity index (χ4v) is 3.11. The van der Waals surface area contributed by atoms with Crippen LogP contribution in [0.5, 0.6) is 11.5 Å². The standard InChI is InChI=1S/C17H22N2O4/c1-22-14-5-2-4-13-8-12(11-23-17(13)14)9-18-15(20)10-19-7-3-6-16(19)21/h2,4-5,12H,3,6-11H2,1H3,(H,18,20). The van der Waals surface area contributed by atoms with Gasteiger partial charge in [0.15, 0.2) is 11.5 Å². The Labute approximate surface area is 135 Å². The number of methoxy groups -OCH3 is 1. The van der Waals surface area contributed by atoms with Crippen molar-refractivity contribution >= 4 is 11.8 Å². The molecule has 1 aromatic carbocycles. The summed E-state index contributed by atoms with van der Waals surface area (Å²) in [6.07, 6.45) is 2.25. The number of benzene rings is 1. The van der Waals surface area contributed by atoms with E-state index >= 15 is 0 Å². The minimum Gasteiger partial charge on any atom is -0.493 e. The van der Waals surface area contributed by atoms with Gasteiger partial charge in [-0.15, -0.1) is 0 Å². The fourth-order valence-electron chi connectivity index (χ4n) is 3.11. The zero-order chi connectivity index (χ0) is 16.2. The van der Waals surface area contributed by atoms with Gasteiger partial charge in [-0.05, 0) is 24.5 Å². The highest BCUT2D eigenvalue weighted by atomic mass is 16.5. The first-order chi connectivity index (χ1) is 11.2. The molecule has 1 aromatic rings. The monoisotopic (exact) mass is 318 g/mol. The van der Waals surface area contributed by atoms with Crippen molar-refractivity contribution in [3.63, 3.8) is 0 Å². The number of para-hydroxylation sites is 1. The number of fused-ring (bicyclic) bond motifs is 1. The predicted octanol–water partition coefficient (Wildman–Crippen LogP) is 0.985. The van der Waals surface area contributed by atoms with Crippen LogP contribution in [0.3, 0.4) is 0 Å². The molecule has 1 saturated heterocycles. The first kappa shape index (κ1) is 15.6. The lowest BCUT2D eigenvalue weighted by atomic mass is 9.96. The summed E-state index contributed by atoms with van der Waals surface area (Å²) in [4.78, 5) is 25.1. The van der Waals surface area contributed by atoms with Crippen molar-refractivity contribution in [1.29, 1.82) is 0 Å². The van der Waals surface area contributed by atoms with Crippen LogP contribution in [0.25, 0.3) is 0 Å². The van der Waals surface area contributed by atoms with Crippen LogP contribution in [0.4, 0.5) is 0 Å². The molecule has 1 atom stereocenters. The number of likely N-dealkylation sites (tertiary alicyclic amines) is 1. The van der Waals surface area contributed by atoms with Gasteiger partial charge < -0.3 is 19.7 Å². The second kappa shape index (κ2) is 6.89. The normalized spacial score (nSPS) is 20.0. The minimum atomic E-state index is -0.100. The van der Waals surface area contributed by atoms with Crippen LogP contribution in [0.1, 0.15) is 18.4 Å². The fraction of sp³-hybridized carbons (Fsp3) is 0.529. The summed E-state index contributed by atoms with van der Waals surface area (Å²) in [6, 6.07) is 5.85. The van der Waals surface area contributed by atoms with Gasteiger partial charge in [-0.1, -0.05) is 12.1 Å². The molecule has 6 heteroatoms. The maximum atomic E-state index is 12.0. The van der Waals surface area contributed by atoms with Crippen LogP contribution in [0, 0.1) is 5.92 Å². The number of rotatable bonds is 5. The molecule has 2 aliphatic rings. The third-order valence-electron chi connectivity index (χ3n) is 4.35. The van der Waals surface area contributed by atoms with E-state index in [1.807, 2.05) is 18.2 Å². The molecular weight excluding hydrogens is 296 g/mol. The number of ether oxygens (including phenoxy) is 2. The quantitative estimate of drug-likeness (QED) is 0.879. The van der Waals surface area contributed by atoms with E-state index in [2.05, 4.69) is 5.32 Å². The van der Waals surface area contributed by atoms with E-state index in [1.54, 1.807) is 12.0 Å². The highest BCUT2D eigenvalue weighted by Gasteiger charge is 2.25. The number of carbonyl (C=O) groups is 2. The molecule has 6 nitrogen and oxygen atoms in total. The maximum Gasteiger partial charge on any atom is 0.239 e. The van der Waals surface area contributed by atoms with E-state index in [9.17, 15) is 9.59 Å². The van der Waals surface area contributed by atoms with E-state index in [1.165, 1.54) is 0 Å². The van der Waals surface area contributed by atoms with Crippen molar-refractivity contribution in [3.8, 4) is 11.5 Å². The molecule has 1 fully saturated rings. The third-order valence-corrected chi connectivity index (χ3v) is 4.35. The second-order valence-corrected chi connectivity index (χ2v) is 6.05. The van der Waals surface area contributed by atoms with Gasteiger partial charge in [0.1, 0.15) is 0 Å². The minimum absolute atomic E-state index is 0.0715. The Morgan fingerprint density at radius 2 is 2.35 bits per heavy atom. The summed E-state index contributed by atoms with van der Waals surface area (Å²) in [5, 5.41) is 2.92. The number of hydrogen-bond donors (Lipinski definition) is 1. The number of amides is 2. The average Bonchev–Trinajstić information content (AvgIpc) is 2.97.